The monoisotopic (exact) mass is 452 g/mol. The minimum absolute atomic E-state index is 0.00891. The van der Waals surface area contributed by atoms with Gasteiger partial charge in [0.1, 0.15) is 5.82 Å². The van der Waals surface area contributed by atoms with Crippen molar-refractivity contribution in [1.82, 2.24) is 15.1 Å². The molecule has 2 aromatic carbocycles. The van der Waals surface area contributed by atoms with Gasteiger partial charge in [-0.2, -0.15) is 5.26 Å². The van der Waals surface area contributed by atoms with E-state index in [1.54, 1.807) is 24.3 Å². The van der Waals surface area contributed by atoms with Crippen LogP contribution in [0.2, 0.25) is 0 Å². The predicted molar refractivity (Wildman–Crippen MR) is 121 cm³/mol. The third-order valence-corrected chi connectivity index (χ3v) is 5.91. The maximum Gasteiger partial charge on any atom is 0.234 e. The maximum atomic E-state index is 13.0. The predicted octanol–water partition coefficient (Wildman–Crippen LogP) is 1.92. The molecule has 174 valence electrons. The van der Waals surface area contributed by atoms with E-state index in [0.717, 1.165) is 43.9 Å². The molecular formula is C25H29FN4O3. The van der Waals surface area contributed by atoms with Gasteiger partial charge in [0.25, 0.3) is 0 Å². The fraction of sp³-hybridized carbons (Fsp3) is 0.440. The number of hydrogen-bond donors (Lipinski definition) is 1. The highest BCUT2D eigenvalue weighted by atomic mass is 19.1. The van der Waals surface area contributed by atoms with Crippen molar-refractivity contribution in [2.45, 2.75) is 25.4 Å². The van der Waals surface area contributed by atoms with Crippen LogP contribution in [0.1, 0.15) is 16.7 Å². The number of rotatable bonds is 9. The van der Waals surface area contributed by atoms with Crippen LogP contribution in [0.15, 0.2) is 48.5 Å². The molecule has 33 heavy (non-hydrogen) atoms. The molecule has 2 aliphatic heterocycles. The topological polar surface area (TPSA) is 77.8 Å². The molecule has 0 saturated carbocycles. The molecule has 2 aromatic rings. The molecule has 1 amide bonds. The van der Waals surface area contributed by atoms with Crippen molar-refractivity contribution in [3.05, 3.63) is 71.0 Å². The van der Waals surface area contributed by atoms with E-state index in [2.05, 4.69) is 21.2 Å². The molecule has 0 aliphatic carbocycles. The Morgan fingerprint density at radius 2 is 1.67 bits per heavy atom. The van der Waals surface area contributed by atoms with Gasteiger partial charge in [0.15, 0.2) is 0 Å². The maximum absolute atomic E-state index is 13.0. The van der Waals surface area contributed by atoms with Crippen molar-refractivity contribution in [3.8, 4) is 6.07 Å². The summed E-state index contributed by atoms with van der Waals surface area (Å²) in [5, 5.41) is 11.8. The Balaban J connectivity index is 1.14. The van der Waals surface area contributed by atoms with Gasteiger partial charge in [0, 0.05) is 39.3 Å². The molecule has 2 heterocycles. The zero-order valence-electron chi connectivity index (χ0n) is 18.6. The number of nitrogens with one attached hydrogen (secondary N) is 1. The van der Waals surface area contributed by atoms with Crippen molar-refractivity contribution < 1.29 is 18.7 Å². The fourth-order valence-corrected chi connectivity index (χ4v) is 4.29. The van der Waals surface area contributed by atoms with Crippen LogP contribution in [0, 0.1) is 17.1 Å². The third-order valence-electron chi connectivity index (χ3n) is 5.91. The van der Waals surface area contributed by atoms with E-state index >= 15 is 0 Å². The standard InChI is InChI=1S/C25H29FN4O3/c26-22-7-5-21(6-8-22)18-32-10-9-29-13-23-15-30(16-24(14-29)33-23)17-25(31)28-12-20-3-1-19(11-27)2-4-20/h1-8,23-24H,9-10,12-18H2,(H,28,31). The lowest BCUT2D eigenvalue weighted by Gasteiger charge is -2.45. The van der Waals surface area contributed by atoms with Crippen LogP contribution >= 0.6 is 0 Å². The minimum Gasteiger partial charge on any atom is -0.375 e. The molecule has 2 fully saturated rings. The van der Waals surface area contributed by atoms with Crippen LogP contribution in [-0.4, -0.2) is 73.8 Å². The van der Waals surface area contributed by atoms with Gasteiger partial charge in [0.2, 0.25) is 5.91 Å². The second-order valence-corrected chi connectivity index (χ2v) is 8.60. The van der Waals surface area contributed by atoms with Crippen LogP contribution in [-0.2, 0) is 27.4 Å². The molecule has 0 radical (unpaired) electrons. The van der Waals surface area contributed by atoms with Crippen LogP contribution in [0.25, 0.3) is 0 Å². The van der Waals surface area contributed by atoms with Crippen molar-refractivity contribution in [2.24, 2.45) is 0 Å². The lowest BCUT2D eigenvalue weighted by molar-refractivity contribution is -0.146. The summed E-state index contributed by atoms with van der Waals surface area (Å²) in [6.07, 6.45) is 0.168. The Morgan fingerprint density at radius 3 is 2.33 bits per heavy atom. The second kappa shape index (κ2) is 11.3. The van der Waals surface area contributed by atoms with Crippen LogP contribution < -0.4 is 5.32 Å². The van der Waals surface area contributed by atoms with Gasteiger partial charge in [-0.25, -0.2) is 4.39 Å². The van der Waals surface area contributed by atoms with Gasteiger partial charge in [-0.3, -0.25) is 14.6 Å². The van der Waals surface area contributed by atoms with E-state index in [4.69, 9.17) is 14.7 Å². The highest BCUT2D eigenvalue weighted by Gasteiger charge is 2.35. The number of carbonyl (C=O) groups excluding carboxylic acids is 1. The third kappa shape index (κ3) is 7.07. The number of fused-ring (bicyclic) bond motifs is 2. The molecule has 0 aromatic heterocycles. The Bertz CT molecular complexity index is 947. The summed E-state index contributed by atoms with van der Waals surface area (Å²) >= 11 is 0. The first-order valence-corrected chi connectivity index (χ1v) is 11.3. The van der Waals surface area contributed by atoms with E-state index in [9.17, 15) is 9.18 Å². The number of hydrogen-bond acceptors (Lipinski definition) is 6. The van der Waals surface area contributed by atoms with Gasteiger partial charge in [-0.1, -0.05) is 24.3 Å². The minimum atomic E-state index is -0.239. The first-order valence-electron chi connectivity index (χ1n) is 11.3. The summed E-state index contributed by atoms with van der Waals surface area (Å²) in [6, 6.07) is 15.7. The van der Waals surface area contributed by atoms with Crippen molar-refractivity contribution in [1.29, 1.82) is 5.26 Å². The Morgan fingerprint density at radius 1 is 1.03 bits per heavy atom. The molecule has 2 atom stereocenters. The van der Waals surface area contributed by atoms with E-state index in [1.807, 2.05) is 12.1 Å². The number of nitrogens with zero attached hydrogens (tertiary/aromatic N) is 3. The van der Waals surface area contributed by atoms with Gasteiger partial charge < -0.3 is 14.8 Å². The molecule has 7 nitrogen and oxygen atoms in total. The van der Waals surface area contributed by atoms with Crippen molar-refractivity contribution in [2.75, 3.05) is 45.9 Å². The van der Waals surface area contributed by atoms with Crippen LogP contribution in [0.5, 0.6) is 0 Å². The summed E-state index contributed by atoms with van der Waals surface area (Å²) in [4.78, 5) is 16.9. The first-order chi connectivity index (χ1) is 16.1. The fourth-order valence-electron chi connectivity index (χ4n) is 4.29. The Labute approximate surface area is 193 Å². The van der Waals surface area contributed by atoms with Gasteiger partial charge in [-0.15, -0.1) is 0 Å². The lowest BCUT2D eigenvalue weighted by atomic mass is 10.1. The molecular weight excluding hydrogens is 423 g/mol. The van der Waals surface area contributed by atoms with Gasteiger partial charge >= 0.3 is 0 Å². The van der Waals surface area contributed by atoms with Gasteiger partial charge in [-0.05, 0) is 35.4 Å². The Kier molecular flexibility index (Phi) is 8.02. The van der Waals surface area contributed by atoms with E-state index in [0.29, 0.717) is 31.9 Å². The molecule has 4 rings (SSSR count). The number of halogens is 1. The van der Waals surface area contributed by atoms with E-state index < -0.39 is 0 Å². The highest BCUT2D eigenvalue weighted by molar-refractivity contribution is 5.78. The lowest BCUT2D eigenvalue weighted by Crippen LogP contribution is -2.60. The molecule has 2 aliphatic rings. The normalized spacial score (nSPS) is 20.8. The molecule has 2 unspecified atom stereocenters. The molecule has 0 spiro atoms. The number of ether oxygens (including phenoxy) is 2. The molecule has 2 bridgehead atoms. The average molecular weight is 453 g/mol. The smallest absolute Gasteiger partial charge is 0.234 e. The molecule has 8 heteroatoms. The van der Waals surface area contributed by atoms with Crippen LogP contribution in [0.4, 0.5) is 4.39 Å². The SMILES string of the molecule is N#Cc1ccc(CNC(=O)CN2CC3CN(CCOCc4ccc(F)cc4)CC(C2)O3)cc1. The average Bonchev–Trinajstić information content (AvgIpc) is 2.81. The quantitative estimate of drug-likeness (QED) is 0.586. The van der Waals surface area contributed by atoms with E-state index in [1.165, 1.54) is 12.1 Å². The number of amides is 1. The first kappa shape index (κ1) is 23.3. The summed E-state index contributed by atoms with van der Waals surface area (Å²) in [5.41, 5.74) is 2.54. The van der Waals surface area contributed by atoms with Crippen molar-refractivity contribution >= 4 is 5.91 Å². The summed E-state index contributed by atoms with van der Waals surface area (Å²) < 4.78 is 24.8. The Hall–Kier alpha value is -2.83. The molecule has 1 N–H and O–H groups in total. The van der Waals surface area contributed by atoms with E-state index in [-0.39, 0.29) is 23.9 Å². The summed E-state index contributed by atoms with van der Waals surface area (Å²) in [6.45, 7) is 5.81. The second-order valence-electron chi connectivity index (χ2n) is 8.60. The summed E-state index contributed by atoms with van der Waals surface area (Å²) in [5.74, 6) is -0.248. The van der Waals surface area contributed by atoms with Crippen molar-refractivity contribution in [3.63, 3.8) is 0 Å². The van der Waals surface area contributed by atoms with Crippen LogP contribution in [0.3, 0.4) is 0 Å². The number of nitriles is 1. The largest absolute Gasteiger partial charge is 0.375 e. The zero-order chi connectivity index (χ0) is 23.0. The summed E-state index contributed by atoms with van der Waals surface area (Å²) in [7, 11) is 0. The zero-order valence-corrected chi connectivity index (χ0v) is 18.6. The number of morpholine rings is 2. The number of benzene rings is 2. The molecule has 2 saturated heterocycles. The highest BCUT2D eigenvalue weighted by Crippen LogP contribution is 2.19. The van der Waals surface area contributed by atoms with Gasteiger partial charge in [0.05, 0.1) is 43.6 Å². The number of carbonyl (C=O) groups is 1.